The van der Waals surface area contributed by atoms with Crippen molar-refractivity contribution in [3.8, 4) is 22.9 Å². The summed E-state index contributed by atoms with van der Waals surface area (Å²) in [5.41, 5.74) is 9.49. The fourth-order valence-electron chi connectivity index (χ4n) is 2.14. The van der Waals surface area contributed by atoms with Gasteiger partial charge in [-0.2, -0.15) is 0 Å². The lowest BCUT2D eigenvalue weighted by atomic mass is 10.1. The van der Waals surface area contributed by atoms with Crippen molar-refractivity contribution in [1.29, 1.82) is 0 Å². The van der Waals surface area contributed by atoms with E-state index in [1.807, 2.05) is 48.5 Å². The molecular formula is C18H17N3O2. The number of hydrogen-bond donors (Lipinski definition) is 1. The summed E-state index contributed by atoms with van der Waals surface area (Å²) in [6.45, 7) is 0.466. The number of benzene rings is 2. The van der Waals surface area contributed by atoms with E-state index in [4.69, 9.17) is 15.2 Å². The number of hydrogen-bond acceptors (Lipinski definition) is 5. The molecule has 2 N–H and O–H groups in total. The van der Waals surface area contributed by atoms with Crippen LogP contribution in [0.25, 0.3) is 11.1 Å². The monoisotopic (exact) mass is 307 g/mol. The van der Waals surface area contributed by atoms with Gasteiger partial charge in [0.05, 0.1) is 12.8 Å². The Morgan fingerprint density at radius 2 is 1.70 bits per heavy atom. The topological polar surface area (TPSA) is 70.3 Å². The van der Waals surface area contributed by atoms with Gasteiger partial charge in [-0.05, 0) is 23.3 Å². The van der Waals surface area contributed by atoms with Crippen LogP contribution in [0.2, 0.25) is 0 Å². The third kappa shape index (κ3) is 3.58. The third-order valence-corrected chi connectivity index (χ3v) is 3.39. The van der Waals surface area contributed by atoms with Crippen LogP contribution < -0.4 is 15.2 Å². The van der Waals surface area contributed by atoms with E-state index < -0.39 is 0 Å². The molecule has 5 nitrogen and oxygen atoms in total. The van der Waals surface area contributed by atoms with Crippen LogP contribution in [-0.4, -0.2) is 17.1 Å². The first-order chi connectivity index (χ1) is 11.3. The maximum atomic E-state index is 6.00. The molecule has 3 rings (SSSR count). The van der Waals surface area contributed by atoms with Crippen molar-refractivity contribution < 1.29 is 9.47 Å². The highest BCUT2D eigenvalue weighted by atomic mass is 16.5. The van der Waals surface area contributed by atoms with Gasteiger partial charge in [0, 0.05) is 18.0 Å². The second kappa shape index (κ2) is 6.79. The van der Waals surface area contributed by atoms with E-state index in [-0.39, 0.29) is 0 Å². The lowest BCUT2D eigenvalue weighted by Crippen LogP contribution is -1.99. The molecule has 0 aliphatic rings. The van der Waals surface area contributed by atoms with Crippen LogP contribution >= 0.6 is 0 Å². The molecule has 0 spiro atoms. The van der Waals surface area contributed by atoms with Gasteiger partial charge in [0.1, 0.15) is 12.4 Å². The average molecular weight is 307 g/mol. The highest BCUT2D eigenvalue weighted by Gasteiger charge is 2.06. The van der Waals surface area contributed by atoms with Gasteiger partial charge in [-0.15, -0.1) is 0 Å². The summed E-state index contributed by atoms with van der Waals surface area (Å²) in [4.78, 5) is 8.23. The highest BCUT2D eigenvalue weighted by Crippen LogP contribution is 2.29. The number of rotatable bonds is 5. The van der Waals surface area contributed by atoms with Crippen LogP contribution in [0.1, 0.15) is 5.56 Å². The van der Waals surface area contributed by atoms with Gasteiger partial charge in [-0.3, -0.25) is 0 Å². The third-order valence-electron chi connectivity index (χ3n) is 3.39. The molecule has 0 atom stereocenters. The first-order valence-electron chi connectivity index (χ1n) is 7.19. The molecule has 0 radical (unpaired) electrons. The van der Waals surface area contributed by atoms with Gasteiger partial charge in [-0.1, -0.05) is 36.4 Å². The Morgan fingerprint density at radius 1 is 0.957 bits per heavy atom. The zero-order chi connectivity index (χ0) is 16.1. The van der Waals surface area contributed by atoms with E-state index in [9.17, 15) is 0 Å². The lowest BCUT2D eigenvalue weighted by Gasteiger charge is -2.11. The molecule has 0 amide bonds. The predicted octanol–water partition coefficient (Wildman–Crippen LogP) is 3.31. The Bertz CT molecular complexity index is 774. The summed E-state index contributed by atoms with van der Waals surface area (Å²) < 4.78 is 10.8. The van der Waals surface area contributed by atoms with E-state index in [2.05, 4.69) is 9.97 Å². The Kier molecular flexibility index (Phi) is 4.38. The molecule has 2 aromatic carbocycles. The molecule has 0 saturated heterocycles. The summed E-state index contributed by atoms with van der Waals surface area (Å²) in [5, 5.41) is 0. The zero-order valence-corrected chi connectivity index (χ0v) is 12.8. The minimum absolute atomic E-state index is 0.338. The highest BCUT2D eigenvalue weighted by molar-refractivity contribution is 5.68. The SMILES string of the molecule is COc1ncc(-c2ccc(N)c(OCc3ccccc3)c2)cn1. The number of anilines is 1. The maximum Gasteiger partial charge on any atom is 0.316 e. The molecule has 1 heterocycles. The van der Waals surface area contributed by atoms with E-state index in [0.29, 0.717) is 24.1 Å². The lowest BCUT2D eigenvalue weighted by molar-refractivity contribution is 0.308. The first kappa shape index (κ1) is 14.8. The molecule has 0 aliphatic carbocycles. The molecule has 1 aromatic heterocycles. The molecule has 23 heavy (non-hydrogen) atoms. The van der Waals surface area contributed by atoms with Crippen LogP contribution in [0, 0.1) is 0 Å². The van der Waals surface area contributed by atoms with Gasteiger partial charge >= 0.3 is 6.01 Å². The Hall–Kier alpha value is -3.08. The number of ether oxygens (including phenoxy) is 2. The minimum Gasteiger partial charge on any atom is -0.487 e. The second-order valence-corrected chi connectivity index (χ2v) is 4.99. The predicted molar refractivity (Wildman–Crippen MR) is 89.2 cm³/mol. The van der Waals surface area contributed by atoms with Crippen molar-refractivity contribution in [3.63, 3.8) is 0 Å². The Balaban J connectivity index is 1.80. The minimum atomic E-state index is 0.338. The van der Waals surface area contributed by atoms with Crippen LogP contribution in [0.5, 0.6) is 11.8 Å². The van der Waals surface area contributed by atoms with Gasteiger partial charge in [0.2, 0.25) is 0 Å². The standard InChI is InChI=1S/C18H17N3O2/c1-22-18-20-10-15(11-21-18)14-7-8-16(19)17(9-14)23-12-13-5-3-2-4-6-13/h2-11H,12,19H2,1H3. The zero-order valence-electron chi connectivity index (χ0n) is 12.8. The van der Waals surface area contributed by atoms with Gasteiger partial charge < -0.3 is 15.2 Å². The number of aromatic nitrogens is 2. The van der Waals surface area contributed by atoms with E-state index >= 15 is 0 Å². The van der Waals surface area contributed by atoms with Crippen LogP contribution in [0.3, 0.4) is 0 Å². The molecule has 0 aliphatic heterocycles. The summed E-state index contributed by atoms with van der Waals surface area (Å²) in [6.07, 6.45) is 3.41. The van der Waals surface area contributed by atoms with Crippen molar-refractivity contribution in [2.75, 3.05) is 12.8 Å². The molecule has 0 bridgehead atoms. The number of nitrogens with zero attached hydrogens (tertiary/aromatic N) is 2. The molecule has 0 fully saturated rings. The van der Waals surface area contributed by atoms with Crippen molar-refractivity contribution in [1.82, 2.24) is 9.97 Å². The van der Waals surface area contributed by atoms with Crippen LogP contribution in [-0.2, 0) is 6.61 Å². The summed E-state index contributed by atoms with van der Waals surface area (Å²) in [5.74, 6) is 0.641. The molecule has 5 heteroatoms. The Morgan fingerprint density at radius 3 is 2.39 bits per heavy atom. The van der Waals surface area contributed by atoms with Gasteiger partial charge in [0.15, 0.2) is 0 Å². The maximum absolute atomic E-state index is 6.00. The van der Waals surface area contributed by atoms with Crippen molar-refractivity contribution in [2.24, 2.45) is 0 Å². The normalized spacial score (nSPS) is 10.3. The number of nitrogens with two attached hydrogens (primary N) is 1. The summed E-state index contributed by atoms with van der Waals surface area (Å²) in [6, 6.07) is 15.9. The van der Waals surface area contributed by atoms with Crippen LogP contribution in [0.4, 0.5) is 5.69 Å². The number of methoxy groups -OCH3 is 1. The van der Waals surface area contributed by atoms with E-state index in [0.717, 1.165) is 16.7 Å². The Labute approximate surface area is 134 Å². The fourth-order valence-corrected chi connectivity index (χ4v) is 2.14. The number of nitrogen functional groups attached to an aromatic ring is 1. The smallest absolute Gasteiger partial charge is 0.316 e. The second-order valence-electron chi connectivity index (χ2n) is 4.99. The average Bonchev–Trinajstić information content (AvgIpc) is 2.62. The molecule has 116 valence electrons. The van der Waals surface area contributed by atoms with Crippen molar-refractivity contribution >= 4 is 5.69 Å². The van der Waals surface area contributed by atoms with Crippen LogP contribution in [0.15, 0.2) is 60.9 Å². The van der Waals surface area contributed by atoms with Crippen molar-refractivity contribution in [2.45, 2.75) is 6.61 Å². The quantitative estimate of drug-likeness (QED) is 0.732. The molecule has 3 aromatic rings. The first-order valence-corrected chi connectivity index (χ1v) is 7.19. The van der Waals surface area contributed by atoms with Gasteiger partial charge in [0.25, 0.3) is 0 Å². The van der Waals surface area contributed by atoms with E-state index in [1.165, 1.54) is 7.11 Å². The molecule has 0 saturated carbocycles. The molecule has 0 unspecified atom stereocenters. The fraction of sp³-hybridized carbons (Fsp3) is 0.111. The summed E-state index contributed by atoms with van der Waals surface area (Å²) in [7, 11) is 1.54. The summed E-state index contributed by atoms with van der Waals surface area (Å²) >= 11 is 0. The van der Waals surface area contributed by atoms with Crippen molar-refractivity contribution in [3.05, 3.63) is 66.5 Å². The molecular weight excluding hydrogens is 290 g/mol. The van der Waals surface area contributed by atoms with E-state index in [1.54, 1.807) is 12.4 Å². The van der Waals surface area contributed by atoms with Gasteiger partial charge in [-0.25, -0.2) is 9.97 Å². The largest absolute Gasteiger partial charge is 0.487 e.